The Kier molecular flexibility index (Phi) is 5.74. The minimum atomic E-state index is 0. The van der Waals surface area contributed by atoms with Crippen molar-refractivity contribution >= 4 is 11.6 Å². The van der Waals surface area contributed by atoms with Crippen molar-refractivity contribution in [3.63, 3.8) is 0 Å². The van der Waals surface area contributed by atoms with E-state index < -0.39 is 0 Å². The zero-order chi connectivity index (χ0) is 10.7. The first-order valence-electron chi connectivity index (χ1n) is 4.94. The van der Waals surface area contributed by atoms with Gasteiger partial charge in [-0.1, -0.05) is 12.1 Å². The van der Waals surface area contributed by atoms with Gasteiger partial charge in [-0.15, -0.1) is 0 Å². The number of aryl methyl sites for hydroxylation is 2. The lowest BCUT2D eigenvalue weighted by molar-refractivity contribution is -0.665. The molecule has 0 aliphatic rings. The fourth-order valence-electron chi connectivity index (χ4n) is 1.44. The molecule has 3 nitrogen and oxygen atoms in total. The summed E-state index contributed by atoms with van der Waals surface area (Å²) in [5.74, 6) is 2.14. The van der Waals surface area contributed by atoms with Gasteiger partial charge >= 0.3 is 0 Å². The van der Waals surface area contributed by atoms with Crippen molar-refractivity contribution in [1.82, 2.24) is 0 Å². The first kappa shape index (κ1) is 15.0. The minimum Gasteiger partial charge on any atom is -1.00 e. The summed E-state index contributed by atoms with van der Waals surface area (Å²) < 4.78 is 4.10. The van der Waals surface area contributed by atoms with Crippen LogP contribution in [0.15, 0.2) is 48.8 Å². The Morgan fingerprint density at radius 3 is 1.53 bits per heavy atom. The maximum atomic E-state index is 3.37. The van der Waals surface area contributed by atoms with E-state index in [2.05, 4.69) is 5.32 Å². The van der Waals surface area contributed by atoms with Crippen molar-refractivity contribution in [3.8, 4) is 0 Å². The van der Waals surface area contributed by atoms with Crippen LogP contribution in [-0.4, -0.2) is 0 Å². The molecule has 0 aliphatic carbocycles. The van der Waals surface area contributed by atoms with Crippen LogP contribution in [0.4, 0.5) is 11.6 Å². The third-order valence-electron chi connectivity index (χ3n) is 2.37. The maximum Gasteiger partial charge on any atom is 0.282 e. The summed E-state index contributed by atoms with van der Waals surface area (Å²) in [5.41, 5.74) is 0. The maximum absolute atomic E-state index is 3.37. The summed E-state index contributed by atoms with van der Waals surface area (Å²) in [6.45, 7) is 0. The molecule has 92 valence electrons. The van der Waals surface area contributed by atoms with E-state index in [1.54, 1.807) is 0 Å². The van der Waals surface area contributed by atoms with E-state index >= 15 is 0 Å². The molecule has 2 aromatic rings. The van der Waals surface area contributed by atoms with Gasteiger partial charge in [0.05, 0.1) is 26.5 Å². The van der Waals surface area contributed by atoms with Gasteiger partial charge in [-0.3, -0.25) is 0 Å². The lowest BCUT2D eigenvalue weighted by atomic mass is 10.4. The van der Waals surface area contributed by atoms with Gasteiger partial charge in [-0.2, -0.15) is 0 Å². The standard InChI is InChI=1S/C12H14N3.2FH/c1-14-9-5-3-7-11(14)13-12-8-4-6-10-15(12)2;;/h3-10H,1-2H3;2*1H/q+1;;/p-1. The first-order chi connectivity index (χ1) is 7.27. The Morgan fingerprint density at radius 2 is 1.18 bits per heavy atom. The Hall–Kier alpha value is -2.04. The first-order valence-corrected chi connectivity index (χ1v) is 4.94. The third kappa shape index (κ3) is 3.48. The van der Waals surface area contributed by atoms with Crippen LogP contribution in [0.2, 0.25) is 0 Å². The molecular formula is C12H15F2N3. The van der Waals surface area contributed by atoms with Crippen LogP contribution in [0.1, 0.15) is 0 Å². The summed E-state index contributed by atoms with van der Waals surface area (Å²) in [6, 6.07) is 12.2. The molecule has 0 saturated heterocycles. The highest BCUT2D eigenvalue weighted by Crippen LogP contribution is 2.06. The zero-order valence-electron chi connectivity index (χ0n) is 9.77. The smallest absolute Gasteiger partial charge is 0.282 e. The second-order valence-electron chi connectivity index (χ2n) is 3.52. The fourth-order valence-corrected chi connectivity index (χ4v) is 1.44. The summed E-state index contributed by atoms with van der Waals surface area (Å²) in [4.78, 5) is 0. The van der Waals surface area contributed by atoms with Gasteiger partial charge in [0.15, 0.2) is 0 Å². The molecule has 0 aromatic carbocycles. The molecule has 0 unspecified atom stereocenters. The molecule has 17 heavy (non-hydrogen) atoms. The van der Waals surface area contributed by atoms with Crippen molar-refractivity contribution in [2.45, 2.75) is 0 Å². The Balaban J connectivity index is 0.00000128. The van der Waals surface area contributed by atoms with Gasteiger partial charge in [-0.05, 0) is 12.1 Å². The number of nitrogens with one attached hydrogen (secondary N) is 1. The van der Waals surface area contributed by atoms with Crippen LogP contribution in [-0.2, 0) is 14.1 Å². The molecule has 0 spiro atoms. The van der Waals surface area contributed by atoms with Crippen molar-refractivity contribution in [3.05, 3.63) is 48.8 Å². The van der Waals surface area contributed by atoms with Crippen molar-refractivity contribution in [2.24, 2.45) is 14.1 Å². The molecule has 0 fully saturated rings. The number of hydrogen-bond acceptors (Lipinski definition) is 1. The Morgan fingerprint density at radius 1 is 0.765 bits per heavy atom. The molecular weight excluding hydrogens is 224 g/mol. The van der Waals surface area contributed by atoms with Crippen molar-refractivity contribution in [1.29, 1.82) is 0 Å². The zero-order valence-corrected chi connectivity index (χ0v) is 9.77. The van der Waals surface area contributed by atoms with Crippen molar-refractivity contribution < 1.29 is 18.5 Å². The van der Waals surface area contributed by atoms with E-state index in [0.717, 1.165) is 11.6 Å². The second-order valence-corrected chi connectivity index (χ2v) is 3.52. The average molecular weight is 239 g/mol. The lowest BCUT2D eigenvalue weighted by Gasteiger charge is -2.02. The van der Waals surface area contributed by atoms with Crippen molar-refractivity contribution in [2.75, 3.05) is 5.32 Å². The molecule has 2 heterocycles. The highest BCUT2D eigenvalue weighted by molar-refractivity contribution is 5.44. The number of anilines is 2. The van der Waals surface area contributed by atoms with Gasteiger partial charge in [-0.25, -0.2) is 14.5 Å². The van der Waals surface area contributed by atoms with Crippen LogP contribution in [0.25, 0.3) is 0 Å². The lowest BCUT2D eigenvalue weighted by Crippen LogP contribution is -3.00. The summed E-state index contributed by atoms with van der Waals surface area (Å²) in [5, 5.41) is 3.37. The molecule has 2 aromatic heterocycles. The van der Waals surface area contributed by atoms with Gasteiger partial charge in [0.1, 0.15) is 0 Å². The molecule has 2 rings (SSSR count). The van der Waals surface area contributed by atoms with E-state index in [9.17, 15) is 0 Å². The Labute approximate surface area is 99.1 Å². The number of halogens is 2. The highest BCUT2D eigenvalue weighted by Gasteiger charge is 2.09. The van der Waals surface area contributed by atoms with Crippen LogP contribution in [0.3, 0.4) is 0 Å². The summed E-state index contributed by atoms with van der Waals surface area (Å²) in [7, 11) is 4.04. The van der Waals surface area contributed by atoms with E-state index in [4.69, 9.17) is 0 Å². The largest absolute Gasteiger partial charge is 1.00 e. The van der Waals surface area contributed by atoms with Crippen LogP contribution >= 0.6 is 0 Å². The fraction of sp³-hybridized carbons (Fsp3) is 0.167. The van der Waals surface area contributed by atoms with Crippen LogP contribution in [0, 0.1) is 0 Å². The molecule has 0 aliphatic heterocycles. The number of aromatic nitrogens is 2. The van der Waals surface area contributed by atoms with E-state index in [0.29, 0.717) is 0 Å². The molecule has 0 saturated carbocycles. The molecule has 0 bridgehead atoms. The summed E-state index contributed by atoms with van der Waals surface area (Å²) in [6.07, 6.45) is 4.04. The van der Waals surface area contributed by atoms with E-state index in [-0.39, 0.29) is 9.41 Å². The molecule has 0 amide bonds. The quantitative estimate of drug-likeness (QED) is 0.521. The third-order valence-corrected chi connectivity index (χ3v) is 2.37. The molecule has 0 radical (unpaired) electrons. The average Bonchev–Trinajstić information content (AvgIpc) is 2.24. The topological polar surface area (TPSA) is 19.8 Å². The van der Waals surface area contributed by atoms with E-state index in [1.807, 2.05) is 72.0 Å². The number of hydrogen-bond donors (Lipinski definition) is 1. The monoisotopic (exact) mass is 239 g/mol. The predicted molar refractivity (Wildman–Crippen MR) is 58.5 cm³/mol. The normalized spacial score (nSPS) is 8.82. The predicted octanol–water partition coefficient (Wildman–Crippen LogP) is -4.91. The summed E-state index contributed by atoms with van der Waals surface area (Å²) >= 11 is 0. The molecule has 0 atom stereocenters. The number of pyridine rings is 2. The van der Waals surface area contributed by atoms with Gasteiger partial charge in [0, 0.05) is 12.1 Å². The number of nitrogens with zero attached hydrogens (tertiary/aromatic N) is 2. The molecule has 1 N–H and O–H groups in total. The van der Waals surface area contributed by atoms with Gasteiger partial charge < -0.3 is 9.41 Å². The van der Waals surface area contributed by atoms with E-state index in [1.165, 1.54) is 0 Å². The SMILES string of the molecule is C[n+]1ccccc1Nc1cccc[n+]1C.[F-].[F-]. The number of rotatable bonds is 2. The van der Waals surface area contributed by atoms with Crippen LogP contribution < -0.4 is 23.9 Å². The minimum absolute atomic E-state index is 0. The highest BCUT2D eigenvalue weighted by atomic mass is 19.0. The van der Waals surface area contributed by atoms with Gasteiger partial charge in [0.25, 0.3) is 11.6 Å². The Bertz CT molecular complexity index is 431. The molecule has 5 heteroatoms. The van der Waals surface area contributed by atoms with Gasteiger partial charge in [0.2, 0.25) is 0 Å². The second kappa shape index (κ2) is 6.52. The van der Waals surface area contributed by atoms with Crippen LogP contribution in [0.5, 0.6) is 0 Å².